The topological polar surface area (TPSA) is 29.5 Å². The molecule has 1 atom stereocenters. The molecule has 1 N–H and O–H groups in total. The number of rotatable bonds is 4. The van der Waals surface area contributed by atoms with E-state index in [-0.39, 0.29) is 11.2 Å². The van der Waals surface area contributed by atoms with Crippen molar-refractivity contribution in [2.75, 3.05) is 6.61 Å². The molecule has 0 aliphatic carbocycles. The van der Waals surface area contributed by atoms with Crippen LogP contribution in [0.4, 0.5) is 4.39 Å². The van der Waals surface area contributed by atoms with Gasteiger partial charge in [-0.15, -0.1) is 0 Å². The zero-order valence-corrected chi connectivity index (χ0v) is 11.0. The summed E-state index contributed by atoms with van der Waals surface area (Å²) in [5, 5.41) is 9.54. The van der Waals surface area contributed by atoms with E-state index in [1.807, 2.05) is 0 Å². The van der Waals surface area contributed by atoms with Crippen LogP contribution in [0.1, 0.15) is 45.8 Å². The number of halogens is 1. The third-order valence-electron chi connectivity index (χ3n) is 2.53. The Balaban J connectivity index is 2.70. The standard InChI is InChI=1S/C14H21FO2/c1-10(16)12-9-11(15)5-6-13(12)17-8-7-14(2,3)4/h5-6,9-10,16H,7-8H2,1-4H3/t10-/m1/s1. The smallest absolute Gasteiger partial charge is 0.125 e. The largest absolute Gasteiger partial charge is 0.493 e. The fourth-order valence-electron chi connectivity index (χ4n) is 1.44. The van der Waals surface area contributed by atoms with Gasteiger partial charge in [-0.25, -0.2) is 4.39 Å². The molecule has 17 heavy (non-hydrogen) atoms. The number of ether oxygens (including phenoxy) is 1. The van der Waals surface area contributed by atoms with Gasteiger partial charge in [-0.05, 0) is 37.0 Å². The molecule has 0 spiro atoms. The van der Waals surface area contributed by atoms with Crippen LogP contribution in [0.25, 0.3) is 0 Å². The normalized spacial score (nSPS) is 13.5. The van der Waals surface area contributed by atoms with Crippen molar-refractivity contribution in [2.24, 2.45) is 5.41 Å². The van der Waals surface area contributed by atoms with Crippen LogP contribution in [0.15, 0.2) is 18.2 Å². The molecular formula is C14H21FO2. The van der Waals surface area contributed by atoms with Crippen LogP contribution < -0.4 is 4.74 Å². The lowest BCUT2D eigenvalue weighted by atomic mass is 9.93. The number of aliphatic hydroxyl groups excluding tert-OH is 1. The summed E-state index contributed by atoms with van der Waals surface area (Å²) in [6.45, 7) is 8.57. The minimum absolute atomic E-state index is 0.199. The summed E-state index contributed by atoms with van der Waals surface area (Å²) >= 11 is 0. The molecule has 0 fully saturated rings. The third kappa shape index (κ3) is 4.73. The summed E-state index contributed by atoms with van der Waals surface area (Å²) in [7, 11) is 0. The van der Waals surface area contributed by atoms with Gasteiger partial charge in [0.05, 0.1) is 12.7 Å². The number of hydrogen-bond donors (Lipinski definition) is 1. The van der Waals surface area contributed by atoms with Crippen molar-refractivity contribution < 1.29 is 14.2 Å². The molecular weight excluding hydrogens is 219 g/mol. The van der Waals surface area contributed by atoms with E-state index in [1.54, 1.807) is 13.0 Å². The molecule has 0 saturated heterocycles. The summed E-state index contributed by atoms with van der Waals surface area (Å²) in [6.07, 6.45) is 0.180. The monoisotopic (exact) mass is 240 g/mol. The minimum atomic E-state index is -0.727. The van der Waals surface area contributed by atoms with Crippen LogP contribution in [-0.2, 0) is 0 Å². The first kappa shape index (κ1) is 14.0. The van der Waals surface area contributed by atoms with Gasteiger partial charge in [0.15, 0.2) is 0 Å². The third-order valence-corrected chi connectivity index (χ3v) is 2.53. The molecule has 0 unspecified atom stereocenters. The molecule has 1 rings (SSSR count). The Morgan fingerprint density at radius 1 is 1.35 bits per heavy atom. The van der Waals surface area contributed by atoms with Crippen LogP contribution in [0, 0.1) is 11.2 Å². The average Bonchev–Trinajstić information content (AvgIpc) is 2.18. The molecule has 96 valence electrons. The second kappa shape index (κ2) is 5.50. The van der Waals surface area contributed by atoms with Gasteiger partial charge in [-0.3, -0.25) is 0 Å². The van der Waals surface area contributed by atoms with Gasteiger partial charge in [0.2, 0.25) is 0 Å². The van der Waals surface area contributed by atoms with Crippen molar-refractivity contribution in [1.29, 1.82) is 0 Å². The van der Waals surface area contributed by atoms with E-state index >= 15 is 0 Å². The second-order valence-electron chi connectivity index (χ2n) is 5.52. The van der Waals surface area contributed by atoms with Gasteiger partial charge >= 0.3 is 0 Å². The molecule has 0 aromatic heterocycles. The van der Waals surface area contributed by atoms with Crippen LogP contribution in [-0.4, -0.2) is 11.7 Å². The molecule has 1 aromatic rings. The lowest BCUT2D eigenvalue weighted by Gasteiger charge is -2.19. The van der Waals surface area contributed by atoms with E-state index < -0.39 is 6.10 Å². The highest BCUT2D eigenvalue weighted by Crippen LogP contribution is 2.27. The SMILES string of the molecule is C[C@@H](O)c1cc(F)ccc1OCCC(C)(C)C. The first-order chi connectivity index (χ1) is 7.79. The van der Waals surface area contributed by atoms with E-state index in [2.05, 4.69) is 20.8 Å². The molecule has 0 aliphatic heterocycles. The highest BCUT2D eigenvalue weighted by Gasteiger charge is 2.13. The second-order valence-corrected chi connectivity index (χ2v) is 5.52. The van der Waals surface area contributed by atoms with Gasteiger partial charge in [0.1, 0.15) is 11.6 Å². The van der Waals surface area contributed by atoms with Crippen LogP contribution in [0.5, 0.6) is 5.75 Å². The van der Waals surface area contributed by atoms with Gasteiger partial charge in [0.25, 0.3) is 0 Å². The predicted molar refractivity (Wildman–Crippen MR) is 66.6 cm³/mol. The fourth-order valence-corrected chi connectivity index (χ4v) is 1.44. The average molecular weight is 240 g/mol. The molecule has 0 heterocycles. The van der Waals surface area contributed by atoms with Crippen LogP contribution in [0.2, 0.25) is 0 Å². The van der Waals surface area contributed by atoms with E-state index in [0.29, 0.717) is 17.9 Å². The first-order valence-corrected chi connectivity index (χ1v) is 5.90. The maximum atomic E-state index is 13.1. The zero-order valence-electron chi connectivity index (χ0n) is 11.0. The molecule has 0 saturated carbocycles. The van der Waals surface area contributed by atoms with Crippen molar-refractivity contribution >= 4 is 0 Å². The number of aliphatic hydroxyl groups is 1. The quantitative estimate of drug-likeness (QED) is 0.869. The summed E-state index contributed by atoms with van der Waals surface area (Å²) in [4.78, 5) is 0. The lowest BCUT2D eigenvalue weighted by molar-refractivity contribution is 0.186. The lowest BCUT2D eigenvalue weighted by Crippen LogP contribution is -2.12. The van der Waals surface area contributed by atoms with Gasteiger partial charge in [-0.2, -0.15) is 0 Å². The maximum Gasteiger partial charge on any atom is 0.125 e. The van der Waals surface area contributed by atoms with Crippen LogP contribution in [0.3, 0.4) is 0 Å². The van der Waals surface area contributed by atoms with Crippen molar-refractivity contribution in [3.63, 3.8) is 0 Å². The first-order valence-electron chi connectivity index (χ1n) is 5.90. The summed E-state index contributed by atoms with van der Waals surface area (Å²) in [5.74, 6) is 0.203. The van der Waals surface area contributed by atoms with Crippen molar-refractivity contribution in [1.82, 2.24) is 0 Å². The maximum absolute atomic E-state index is 13.1. The number of hydrogen-bond acceptors (Lipinski definition) is 2. The van der Waals surface area contributed by atoms with Crippen molar-refractivity contribution in [2.45, 2.75) is 40.2 Å². The Labute approximate surface area is 102 Å². The fraction of sp³-hybridized carbons (Fsp3) is 0.571. The highest BCUT2D eigenvalue weighted by atomic mass is 19.1. The predicted octanol–water partition coefficient (Wildman–Crippen LogP) is 3.69. The molecule has 1 aromatic carbocycles. The molecule has 0 bridgehead atoms. The molecule has 0 aliphatic rings. The molecule has 3 heteroatoms. The van der Waals surface area contributed by atoms with Gasteiger partial charge in [0, 0.05) is 5.56 Å². The highest BCUT2D eigenvalue weighted by molar-refractivity contribution is 5.35. The Hall–Kier alpha value is -1.09. The van der Waals surface area contributed by atoms with Crippen molar-refractivity contribution in [3.8, 4) is 5.75 Å². The number of benzene rings is 1. The Morgan fingerprint density at radius 2 is 2.00 bits per heavy atom. The van der Waals surface area contributed by atoms with E-state index in [9.17, 15) is 9.50 Å². The summed E-state index contributed by atoms with van der Waals surface area (Å²) in [6, 6.07) is 4.23. The Bertz CT molecular complexity index is 367. The Morgan fingerprint density at radius 3 is 2.53 bits per heavy atom. The van der Waals surface area contributed by atoms with Gasteiger partial charge in [-0.1, -0.05) is 20.8 Å². The van der Waals surface area contributed by atoms with Crippen LogP contribution >= 0.6 is 0 Å². The Kier molecular flexibility index (Phi) is 4.52. The van der Waals surface area contributed by atoms with E-state index in [4.69, 9.17) is 4.74 Å². The zero-order chi connectivity index (χ0) is 13.1. The molecule has 2 nitrogen and oxygen atoms in total. The van der Waals surface area contributed by atoms with E-state index in [1.165, 1.54) is 12.1 Å². The molecule has 0 amide bonds. The van der Waals surface area contributed by atoms with Gasteiger partial charge < -0.3 is 9.84 Å². The minimum Gasteiger partial charge on any atom is -0.493 e. The van der Waals surface area contributed by atoms with Crippen molar-refractivity contribution in [3.05, 3.63) is 29.6 Å². The summed E-state index contributed by atoms with van der Waals surface area (Å²) in [5.41, 5.74) is 0.698. The summed E-state index contributed by atoms with van der Waals surface area (Å²) < 4.78 is 18.7. The molecule has 0 radical (unpaired) electrons. The van der Waals surface area contributed by atoms with E-state index in [0.717, 1.165) is 6.42 Å².